The number of rotatable bonds is 3. The molecule has 2 N–H and O–H groups in total. The second-order valence-corrected chi connectivity index (χ2v) is 6.20. The van der Waals surface area contributed by atoms with Crippen molar-refractivity contribution in [3.63, 3.8) is 0 Å². The van der Waals surface area contributed by atoms with E-state index in [2.05, 4.69) is 11.8 Å². The van der Waals surface area contributed by atoms with E-state index in [-0.39, 0.29) is 0 Å². The lowest BCUT2D eigenvalue weighted by Crippen LogP contribution is -2.33. The van der Waals surface area contributed by atoms with E-state index in [4.69, 9.17) is 5.73 Å². The summed E-state index contributed by atoms with van der Waals surface area (Å²) < 4.78 is 0. The summed E-state index contributed by atoms with van der Waals surface area (Å²) in [5.74, 6) is 3.19. The fourth-order valence-corrected chi connectivity index (χ4v) is 4.72. The van der Waals surface area contributed by atoms with Gasteiger partial charge in [0.15, 0.2) is 0 Å². The van der Waals surface area contributed by atoms with Crippen LogP contribution in [0.4, 0.5) is 0 Å². The van der Waals surface area contributed by atoms with Crippen molar-refractivity contribution in [1.29, 1.82) is 0 Å². The van der Waals surface area contributed by atoms with E-state index in [0.29, 0.717) is 0 Å². The minimum absolute atomic E-state index is 0.836. The van der Waals surface area contributed by atoms with Crippen LogP contribution in [0.2, 0.25) is 0 Å². The van der Waals surface area contributed by atoms with Gasteiger partial charge in [-0.25, -0.2) is 0 Å². The minimum Gasteiger partial charge on any atom is -0.330 e. The van der Waals surface area contributed by atoms with Crippen molar-refractivity contribution in [3.8, 4) is 0 Å². The smallest absolute Gasteiger partial charge is 0.00900 e. The molecule has 2 atom stereocenters. The highest BCUT2D eigenvalue weighted by Crippen LogP contribution is 2.40. The monoisotopic (exact) mass is 213 g/mol. The topological polar surface area (TPSA) is 26.0 Å². The molecule has 1 nitrogen and oxygen atoms in total. The highest BCUT2D eigenvalue weighted by molar-refractivity contribution is 7.99. The molecule has 0 bridgehead atoms. The van der Waals surface area contributed by atoms with Crippen molar-refractivity contribution in [1.82, 2.24) is 0 Å². The number of nitrogens with two attached hydrogens (primary N) is 1. The molecule has 1 saturated heterocycles. The van der Waals surface area contributed by atoms with Crippen LogP contribution in [0.25, 0.3) is 0 Å². The fraction of sp³-hybridized carbons (Fsp3) is 1.00. The first-order chi connectivity index (χ1) is 6.92. The summed E-state index contributed by atoms with van der Waals surface area (Å²) in [5, 5.41) is 0.900. The van der Waals surface area contributed by atoms with Crippen LogP contribution in [0, 0.1) is 11.8 Å². The zero-order valence-corrected chi connectivity index (χ0v) is 9.90. The summed E-state index contributed by atoms with van der Waals surface area (Å²) in [6.45, 7) is 0.933. The van der Waals surface area contributed by atoms with Gasteiger partial charge in [-0.2, -0.15) is 11.8 Å². The number of hydrogen-bond acceptors (Lipinski definition) is 2. The van der Waals surface area contributed by atoms with Gasteiger partial charge in [-0.3, -0.25) is 0 Å². The Bertz CT molecular complexity index is 160. The average Bonchev–Trinajstić information content (AvgIpc) is 2.74. The standard InChI is InChI=1S/C12H23NS/c13-9-11(10-5-1-2-6-10)12-7-3-4-8-14-12/h10-12H,1-9,13H2. The van der Waals surface area contributed by atoms with Crippen LogP contribution in [0.1, 0.15) is 44.9 Å². The summed E-state index contributed by atoms with van der Waals surface area (Å²) in [6.07, 6.45) is 10.1. The quantitative estimate of drug-likeness (QED) is 0.780. The molecule has 0 spiro atoms. The third kappa shape index (κ3) is 2.46. The Morgan fingerprint density at radius 1 is 1.07 bits per heavy atom. The van der Waals surface area contributed by atoms with Crippen LogP contribution >= 0.6 is 11.8 Å². The van der Waals surface area contributed by atoms with E-state index in [1.54, 1.807) is 0 Å². The molecular weight excluding hydrogens is 190 g/mol. The van der Waals surface area contributed by atoms with E-state index in [1.807, 2.05) is 0 Å². The second kappa shape index (κ2) is 5.41. The highest BCUT2D eigenvalue weighted by Gasteiger charge is 2.31. The van der Waals surface area contributed by atoms with Crippen LogP contribution in [0.15, 0.2) is 0 Å². The van der Waals surface area contributed by atoms with Gasteiger partial charge in [0.05, 0.1) is 0 Å². The van der Waals surface area contributed by atoms with Gasteiger partial charge in [-0.15, -0.1) is 0 Å². The first-order valence-corrected chi connectivity index (χ1v) is 7.28. The summed E-state index contributed by atoms with van der Waals surface area (Å²) in [7, 11) is 0. The lowest BCUT2D eigenvalue weighted by molar-refractivity contribution is 0.323. The Morgan fingerprint density at radius 2 is 1.79 bits per heavy atom. The van der Waals surface area contributed by atoms with Gasteiger partial charge in [-0.05, 0) is 37.0 Å². The van der Waals surface area contributed by atoms with E-state index in [0.717, 1.165) is 23.6 Å². The van der Waals surface area contributed by atoms with Gasteiger partial charge in [-0.1, -0.05) is 32.1 Å². The van der Waals surface area contributed by atoms with Gasteiger partial charge in [0.2, 0.25) is 0 Å². The lowest BCUT2D eigenvalue weighted by Gasteiger charge is -2.33. The molecule has 14 heavy (non-hydrogen) atoms. The third-order valence-electron chi connectivity index (χ3n) is 3.97. The van der Waals surface area contributed by atoms with E-state index in [9.17, 15) is 0 Å². The third-order valence-corrected chi connectivity index (χ3v) is 5.51. The molecule has 1 heterocycles. The van der Waals surface area contributed by atoms with Gasteiger partial charge in [0.1, 0.15) is 0 Å². The largest absolute Gasteiger partial charge is 0.330 e. The normalized spacial score (nSPS) is 31.9. The minimum atomic E-state index is 0.836. The molecule has 82 valence electrons. The van der Waals surface area contributed by atoms with Gasteiger partial charge >= 0.3 is 0 Å². The van der Waals surface area contributed by atoms with Crippen molar-refractivity contribution in [2.75, 3.05) is 12.3 Å². The molecule has 0 aromatic heterocycles. The molecule has 2 heteroatoms. The molecule has 0 aromatic rings. The molecular formula is C12H23NS. The Labute approximate surface area is 92.2 Å². The molecule has 0 aromatic carbocycles. The zero-order chi connectivity index (χ0) is 9.80. The van der Waals surface area contributed by atoms with Crippen LogP contribution in [-0.2, 0) is 0 Å². The summed E-state index contributed by atoms with van der Waals surface area (Å²) in [4.78, 5) is 0. The molecule has 2 unspecified atom stereocenters. The predicted molar refractivity (Wildman–Crippen MR) is 64.6 cm³/mol. The maximum absolute atomic E-state index is 5.97. The van der Waals surface area contributed by atoms with Crippen molar-refractivity contribution in [2.24, 2.45) is 17.6 Å². The summed E-state index contributed by atoms with van der Waals surface area (Å²) >= 11 is 2.20. The first-order valence-electron chi connectivity index (χ1n) is 6.23. The average molecular weight is 213 g/mol. The van der Waals surface area contributed by atoms with Gasteiger partial charge < -0.3 is 5.73 Å². The maximum atomic E-state index is 5.97. The Balaban J connectivity index is 1.89. The Kier molecular flexibility index (Phi) is 4.18. The van der Waals surface area contributed by atoms with Gasteiger partial charge in [0, 0.05) is 5.25 Å². The molecule has 1 saturated carbocycles. The molecule has 0 radical (unpaired) electrons. The fourth-order valence-electron chi connectivity index (χ4n) is 3.14. The molecule has 2 aliphatic rings. The van der Waals surface area contributed by atoms with E-state index >= 15 is 0 Å². The molecule has 2 rings (SSSR count). The SMILES string of the molecule is NCC(C1CCCC1)C1CCCCS1. The highest BCUT2D eigenvalue weighted by atomic mass is 32.2. The molecule has 1 aliphatic heterocycles. The van der Waals surface area contributed by atoms with Gasteiger partial charge in [0.25, 0.3) is 0 Å². The first kappa shape index (κ1) is 10.8. The predicted octanol–water partition coefficient (Wildman–Crippen LogP) is 3.04. The zero-order valence-electron chi connectivity index (χ0n) is 9.08. The van der Waals surface area contributed by atoms with E-state index < -0.39 is 0 Å². The molecule has 0 amide bonds. The summed E-state index contributed by atoms with van der Waals surface area (Å²) in [6, 6.07) is 0. The Morgan fingerprint density at radius 3 is 2.36 bits per heavy atom. The summed E-state index contributed by atoms with van der Waals surface area (Å²) in [5.41, 5.74) is 5.97. The van der Waals surface area contributed by atoms with Crippen LogP contribution in [0.3, 0.4) is 0 Å². The molecule has 1 aliphatic carbocycles. The van der Waals surface area contributed by atoms with Crippen molar-refractivity contribution in [3.05, 3.63) is 0 Å². The lowest BCUT2D eigenvalue weighted by atomic mass is 9.86. The number of hydrogen-bond donors (Lipinski definition) is 1. The second-order valence-electron chi connectivity index (χ2n) is 4.85. The Hall–Kier alpha value is 0.310. The maximum Gasteiger partial charge on any atom is 0.00900 e. The van der Waals surface area contributed by atoms with Crippen molar-refractivity contribution in [2.45, 2.75) is 50.2 Å². The van der Waals surface area contributed by atoms with Crippen LogP contribution < -0.4 is 5.73 Å². The van der Waals surface area contributed by atoms with E-state index in [1.165, 1.54) is 50.7 Å². The van der Waals surface area contributed by atoms with Crippen molar-refractivity contribution < 1.29 is 0 Å². The molecule has 2 fully saturated rings. The van der Waals surface area contributed by atoms with Crippen LogP contribution in [0.5, 0.6) is 0 Å². The van der Waals surface area contributed by atoms with Crippen LogP contribution in [-0.4, -0.2) is 17.5 Å². The van der Waals surface area contributed by atoms with Crippen molar-refractivity contribution >= 4 is 11.8 Å². The number of thioether (sulfide) groups is 1.